The lowest BCUT2D eigenvalue weighted by molar-refractivity contribution is -0.120. The first-order valence-corrected chi connectivity index (χ1v) is 10.6. The van der Waals surface area contributed by atoms with Crippen LogP contribution in [-0.4, -0.2) is 22.0 Å². The number of halogens is 1. The molecule has 0 aliphatic rings. The summed E-state index contributed by atoms with van der Waals surface area (Å²) >= 11 is 2.73. The fourth-order valence-electron chi connectivity index (χ4n) is 2.58. The fourth-order valence-corrected chi connectivity index (χ4v) is 4.31. The molecule has 29 heavy (non-hydrogen) atoms. The van der Waals surface area contributed by atoms with E-state index in [9.17, 15) is 14.0 Å². The van der Waals surface area contributed by atoms with Gasteiger partial charge in [-0.05, 0) is 23.3 Å². The van der Waals surface area contributed by atoms with Gasteiger partial charge in [0.2, 0.25) is 16.9 Å². The Morgan fingerprint density at radius 2 is 1.83 bits per heavy atom. The zero-order valence-corrected chi connectivity index (χ0v) is 17.2. The van der Waals surface area contributed by atoms with Crippen molar-refractivity contribution >= 4 is 40.0 Å². The van der Waals surface area contributed by atoms with Crippen molar-refractivity contribution in [3.63, 3.8) is 0 Å². The highest BCUT2D eigenvalue weighted by Gasteiger charge is 2.18. The van der Waals surface area contributed by atoms with Crippen LogP contribution in [0.3, 0.4) is 0 Å². The maximum Gasteiger partial charge on any atom is 0.228 e. The first-order chi connectivity index (χ1) is 14.0. The van der Waals surface area contributed by atoms with Gasteiger partial charge in [-0.1, -0.05) is 65.6 Å². The number of carbonyl (C=O) groups excluding carboxylic acids is 2. The van der Waals surface area contributed by atoms with Crippen molar-refractivity contribution in [3.05, 3.63) is 71.5 Å². The summed E-state index contributed by atoms with van der Waals surface area (Å²) < 4.78 is 13.7. The molecular weight excluding hydrogens is 411 g/mol. The van der Waals surface area contributed by atoms with Gasteiger partial charge in [-0.2, -0.15) is 0 Å². The van der Waals surface area contributed by atoms with Gasteiger partial charge in [0.05, 0.1) is 12.5 Å². The van der Waals surface area contributed by atoms with Crippen LogP contribution in [-0.2, 0) is 15.3 Å². The van der Waals surface area contributed by atoms with Crippen molar-refractivity contribution in [2.75, 3.05) is 5.32 Å². The molecular formula is C20H19FN4O2S2. The third kappa shape index (κ3) is 6.65. The number of thioether (sulfide) groups is 1. The third-order valence-corrected chi connectivity index (χ3v) is 5.94. The number of nitrogens with one attached hydrogen (secondary N) is 2. The van der Waals surface area contributed by atoms with E-state index in [0.717, 1.165) is 11.1 Å². The van der Waals surface area contributed by atoms with E-state index >= 15 is 0 Å². The lowest BCUT2D eigenvalue weighted by Crippen LogP contribution is -2.29. The van der Waals surface area contributed by atoms with Crippen molar-refractivity contribution in [1.29, 1.82) is 0 Å². The molecule has 3 rings (SSSR count). The van der Waals surface area contributed by atoms with Crippen molar-refractivity contribution in [2.24, 2.45) is 0 Å². The molecule has 1 aromatic heterocycles. The second-order valence-corrected chi connectivity index (χ2v) is 8.40. The number of amides is 2. The summed E-state index contributed by atoms with van der Waals surface area (Å²) in [6.45, 7) is 1.42. The third-order valence-electron chi connectivity index (χ3n) is 3.90. The van der Waals surface area contributed by atoms with Crippen LogP contribution in [0.2, 0.25) is 0 Å². The minimum Gasteiger partial charge on any atom is -0.349 e. The number of hydrogen-bond donors (Lipinski definition) is 2. The number of rotatable bonds is 8. The number of nitrogens with zero attached hydrogens (tertiary/aromatic N) is 2. The summed E-state index contributed by atoms with van der Waals surface area (Å²) in [7, 11) is 0. The first-order valence-electron chi connectivity index (χ1n) is 8.82. The van der Waals surface area contributed by atoms with Gasteiger partial charge in [0.1, 0.15) is 5.82 Å². The van der Waals surface area contributed by atoms with E-state index in [-0.39, 0.29) is 24.1 Å². The van der Waals surface area contributed by atoms with E-state index in [4.69, 9.17) is 0 Å². The predicted octanol–water partition coefficient (Wildman–Crippen LogP) is 4.18. The van der Waals surface area contributed by atoms with Crippen molar-refractivity contribution < 1.29 is 14.0 Å². The van der Waals surface area contributed by atoms with Gasteiger partial charge in [0.15, 0.2) is 4.34 Å². The molecule has 0 radical (unpaired) electrons. The van der Waals surface area contributed by atoms with E-state index in [2.05, 4.69) is 20.8 Å². The second kappa shape index (κ2) is 10.1. The quantitative estimate of drug-likeness (QED) is 0.414. The molecule has 0 aliphatic heterocycles. The first kappa shape index (κ1) is 20.9. The summed E-state index contributed by atoms with van der Waals surface area (Å²) in [6, 6.07) is 15.2. The van der Waals surface area contributed by atoms with Gasteiger partial charge < -0.3 is 10.6 Å². The number of benzene rings is 2. The molecule has 2 amide bonds. The highest BCUT2D eigenvalue weighted by molar-refractivity contribution is 8.00. The summed E-state index contributed by atoms with van der Waals surface area (Å²) in [5.41, 5.74) is 1.82. The van der Waals surface area contributed by atoms with Crippen LogP contribution in [0.5, 0.6) is 0 Å². The lowest BCUT2D eigenvalue weighted by Gasteiger charge is -2.17. The number of aromatic nitrogens is 2. The summed E-state index contributed by atoms with van der Waals surface area (Å²) in [5, 5.41) is 14.0. The van der Waals surface area contributed by atoms with Gasteiger partial charge in [-0.25, -0.2) is 4.39 Å². The van der Waals surface area contributed by atoms with Crippen LogP contribution < -0.4 is 10.6 Å². The Morgan fingerprint density at radius 1 is 1.10 bits per heavy atom. The van der Waals surface area contributed by atoms with E-state index in [1.165, 1.54) is 42.2 Å². The molecule has 0 fully saturated rings. The van der Waals surface area contributed by atoms with Gasteiger partial charge in [-0.3, -0.25) is 9.59 Å². The zero-order chi connectivity index (χ0) is 20.6. The van der Waals surface area contributed by atoms with Gasteiger partial charge in [0.25, 0.3) is 0 Å². The molecule has 0 spiro atoms. The molecule has 150 valence electrons. The zero-order valence-electron chi connectivity index (χ0n) is 15.6. The van der Waals surface area contributed by atoms with E-state index in [0.29, 0.717) is 15.2 Å². The predicted molar refractivity (Wildman–Crippen MR) is 112 cm³/mol. The minimum absolute atomic E-state index is 0.0846. The molecule has 3 aromatic rings. The highest BCUT2D eigenvalue weighted by atomic mass is 32.2. The topological polar surface area (TPSA) is 84.0 Å². The lowest BCUT2D eigenvalue weighted by atomic mass is 10.0. The Balaban J connectivity index is 1.55. The van der Waals surface area contributed by atoms with Crippen LogP contribution in [0.4, 0.5) is 9.52 Å². The Bertz CT molecular complexity index is 964. The summed E-state index contributed by atoms with van der Waals surface area (Å²) in [4.78, 5) is 23.9. The highest BCUT2D eigenvalue weighted by Crippen LogP contribution is 2.28. The molecule has 0 saturated heterocycles. The van der Waals surface area contributed by atoms with Crippen LogP contribution in [0.15, 0.2) is 58.9 Å². The SMILES string of the molecule is CC(=O)N[C@H](CC(=O)Nc1nnc(SCc2ccc(F)cc2)s1)c1ccccc1. The Kier molecular flexibility index (Phi) is 7.31. The molecule has 2 aromatic carbocycles. The van der Waals surface area contributed by atoms with Gasteiger partial charge in [0, 0.05) is 12.7 Å². The summed E-state index contributed by atoms with van der Waals surface area (Å²) in [5.74, 6) is -0.116. The average Bonchev–Trinajstić information content (AvgIpc) is 3.14. The monoisotopic (exact) mass is 430 g/mol. The molecule has 2 N–H and O–H groups in total. The molecule has 0 saturated carbocycles. The maximum atomic E-state index is 13.0. The Hall–Kier alpha value is -2.78. The molecule has 6 nitrogen and oxygen atoms in total. The summed E-state index contributed by atoms with van der Waals surface area (Å²) in [6.07, 6.45) is 0.0846. The largest absolute Gasteiger partial charge is 0.349 e. The van der Waals surface area contributed by atoms with Crippen molar-refractivity contribution in [3.8, 4) is 0 Å². The van der Waals surface area contributed by atoms with Crippen LogP contribution in [0.25, 0.3) is 0 Å². The minimum atomic E-state index is -0.422. The smallest absolute Gasteiger partial charge is 0.228 e. The van der Waals surface area contributed by atoms with Gasteiger partial charge >= 0.3 is 0 Å². The van der Waals surface area contributed by atoms with Crippen LogP contribution in [0, 0.1) is 5.82 Å². The molecule has 1 atom stereocenters. The van der Waals surface area contributed by atoms with Gasteiger partial charge in [-0.15, -0.1) is 10.2 Å². The molecule has 0 bridgehead atoms. The molecule has 9 heteroatoms. The Morgan fingerprint density at radius 3 is 2.52 bits per heavy atom. The molecule has 0 unspecified atom stereocenters. The second-order valence-electron chi connectivity index (χ2n) is 6.20. The number of anilines is 1. The fraction of sp³-hybridized carbons (Fsp3) is 0.200. The van der Waals surface area contributed by atoms with E-state index < -0.39 is 6.04 Å². The standard InChI is InChI=1S/C20H19FN4O2S2/c1-13(26)22-17(15-5-3-2-4-6-15)11-18(27)23-19-24-25-20(29-19)28-12-14-7-9-16(21)10-8-14/h2-10,17H,11-12H2,1H3,(H,22,26)(H,23,24,27)/t17-/m1/s1. The van der Waals surface area contributed by atoms with Crippen molar-refractivity contribution in [2.45, 2.75) is 29.5 Å². The van der Waals surface area contributed by atoms with Crippen LogP contribution >= 0.6 is 23.1 Å². The molecule has 1 heterocycles. The van der Waals surface area contributed by atoms with Crippen LogP contribution in [0.1, 0.15) is 30.5 Å². The molecule has 0 aliphatic carbocycles. The van der Waals surface area contributed by atoms with E-state index in [1.54, 1.807) is 12.1 Å². The average molecular weight is 431 g/mol. The van der Waals surface area contributed by atoms with E-state index in [1.807, 2.05) is 30.3 Å². The normalized spacial score (nSPS) is 11.7. The number of hydrogen-bond acceptors (Lipinski definition) is 6. The van der Waals surface area contributed by atoms with Crippen molar-refractivity contribution in [1.82, 2.24) is 15.5 Å². The number of carbonyl (C=O) groups is 2. The Labute approximate surface area is 175 Å². The maximum absolute atomic E-state index is 13.0.